The van der Waals surface area contributed by atoms with Crippen molar-refractivity contribution >= 4 is 21.6 Å². The average Bonchev–Trinajstić information content (AvgIpc) is 2.21. The smallest absolute Gasteiger partial charge is 0.211 e. The van der Waals surface area contributed by atoms with Crippen molar-refractivity contribution in [3.05, 3.63) is 34.9 Å². The number of nitrogens with one attached hydrogen (secondary N) is 1. The third-order valence-electron chi connectivity index (χ3n) is 2.13. The lowest BCUT2D eigenvalue weighted by Gasteiger charge is -2.04. The highest BCUT2D eigenvalue weighted by Crippen LogP contribution is 2.16. The first-order valence-electron chi connectivity index (χ1n) is 4.70. The zero-order valence-electron chi connectivity index (χ0n) is 8.53. The van der Waals surface area contributed by atoms with Gasteiger partial charge in [-0.1, -0.05) is 29.8 Å². The van der Waals surface area contributed by atoms with Gasteiger partial charge in [0, 0.05) is 5.02 Å². The molecule has 0 atom stereocenters. The van der Waals surface area contributed by atoms with Gasteiger partial charge < -0.3 is 0 Å². The molecular weight excluding hydrogens is 234 g/mol. The molecule has 0 saturated carbocycles. The van der Waals surface area contributed by atoms with Crippen molar-refractivity contribution in [2.45, 2.75) is 12.8 Å². The second-order valence-electron chi connectivity index (χ2n) is 3.22. The molecule has 5 heteroatoms. The Morgan fingerprint density at radius 1 is 1.33 bits per heavy atom. The minimum atomic E-state index is -3.10. The van der Waals surface area contributed by atoms with Crippen molar-refractivity contribution in [3.63, 3.8) is 0 Å². The normalized spacial score (nSPS) is 11.6. The third-order valence-corrected chi connectivity index (χ3v) is 3.94. The molecule has 0 heterocycles. The summed E-state index contributed by atoms with van der Waals surface area (Å²) in [6, 6.07) is 7.47. The maximum absolute atomic E-state index is 11.1. The second-order valence-corrected chi connectivity index (χ2v) is 5.67. The van der Waals surface area contributed by atoms with E-state index in [1.54, 1.807) is 0 Å². The number of hydrogen-bond donors (Lipinski definition) is 1. The first-order valence-corrected chi connectivity index (χ1v) is 6.73. The third kappa shape index (κ3) is 4.20. The molecule has 0 saturated heterocycles. The minimum absolute atomic E-state index is 0.134. The van der Waals surface area contributed by atoms with Crippen molar-refractivity contribution in [1.82, 2.24) is 4.72 Å². The summed E-state index contributed by atoms with van der Waals surface area (Å²) < 4.78 is 24.5. The van der Waals surface area contributed by atoms with E-state index in [0.717, 1.165) is 5.56 Å². The van der Waals surface area contributed by atoms with Crippen molar-refractivity contribution in [3.8, 4) is 0 Å². The summed E-state index contributed by atoms with van der Waals surface area (Å²) >= 11 is 5.94. The van der Waals surface area contributed by atoms with E-state index in [1.165, 1.54) is 7.05 Å². The van der Waals surface area contributed by atoms with Gasteiger partial charge >= 0.3 is 0 Å². The molecule has 84 valence electrons. The van der Waals surface area contributed by atoms with Gasteiger partial charge in [-0.05, 0) is 31.5 Å². The number of rotatable bonds is 5. The largest absolute Gasteiger partial charge is 0.218 e. The average molecular weight is 248 g/mol. The Bertz CT molecular complexity index is 417. The summed E-state index contributed by atoms with van der Waals surface area (Å²) in [6.45, 7) is 0. The highest BCUT2D eigenvalue weighted by atomic mass is 35.5. The fourth-order valence-electron chi connectivity index (χ4n) is 1.26. The van der Waals surface area contributed by atoms with Crippen LogP contribution in [0.3, 0.4) is 0 Å². The van der Waals surface area contributed by atoms with Gasteiger partial charge in [-0.2, -0.15) is 0 Å². The van der Waals surface area contributed by atoms with E-state index in [-0.39, 0.29) is 5.75 Å². The molecule has 1 rings (SSSR count). The zero-order valence-corrected chi connectivity index (χ0v) is 10.1. The summed E-state index contributed by atoms with van der Waals surface area (Å²) in [5, 5.41) is 0.694. The maximum atomic E-state index is 11.1. The van der Waals surface area contributed by atoms with E-state index in [9.17, 15) is 8.42 Å². The molecule has 0 amide bonds. The van der Waals surface area contributed by atoms with E-state index in [2.05, 4.69) is 4.72 Å². The number of aryl methyl sites for hydroxylation is 1. The fourth-order valence-corrected chi connectivity index (χ4v) is 2.21. The number of sulfonamides is 1. The lowest BCUT2D eigenvalue weighted by molar-refractivity contribution is 0.585. The Morgan fingerprint density at radius 3 is 2.60 bits per heavy atom. The standard InChI is InChI=1S/C10H14ClNO2S/c1-12-15(13,14)8-4-6-9-5-2-3-7-10(9)11/h2-3,5,7,12H,4,6,8H2,1H3. The van der Waals surface area contributed by atoms with Crippen LogP contribution in [0, 0.1) is 0 Å². The van der Waals surface area contributed by atoms with Gasteiger partial charge in [-0.25, -0.2) is 13.1 Å². The van der Waals surface area contributed by atoms with Crippen molar-refractivity contribution in [2.24, 2.45) is 0 Å². The predicted molar refractivity (Wildman–Crippen MR) is 62.6 cm³/mol. The van der Waals surface area contributed by atoms with Crippen LogP contribution in [0.1, 0.15) is 12.0 Å². The summed E-state index contributed by atoms with van der Waals surface area (Å²) in [5.74, 6) is 0.134. The van der Waals surface area contributed by atoms with E-state index >= 15 is 0 Å². The first-order chi connectivity index (χ1) is 7.05. The van der Waals surface area contributed by atoms with E-state index in [0.29, 0.717) is 17.9 Å². The molecule has 1 N–H and O–H groups in total. The van der Waals surface area contributed by atoms with Gasteiger partial charge in [0.1, 0.15) is 0 Å². The predicted octanol–water partition coefficient (Wildman–Crippen LogP) is 1.82. The molecule has 1 aromatic rings. The lowest BCUT2D eigenvalue weighted by atomic mass is 10.1. The Kier molecular flexibility index (Phi) is 4.57. The maximum Gasteiger partial charge on any atom is 0.211 e. The second kappa shape index (κ2) is 5.49. The Labute approximate surface area is 95.5 Å². The van der Waals surface area contributed by atoms with Crippen LogP contribution in [0.15, 0.2) is 24.3 Å². The monoisotopic (exact) mass is 247 g/mol. The first kappa shape index (κ1) is 12.5. The van der Waals surface area contributed by atoms with Crippen LogP contribution in [-0.2, 0) is 16.4 Å². The summed E-state index contributed by atoms with van der Waals surface area (Å²) in [6.07, 6.45) is 1.26. The van der Waals surface area contributed by atoms with Crippen molar-refractivity contribution in [1.29, 1.82) is 0 Å². The van der Waals surface area contributed by atoms with Crippen LogP contribution in [0.4, 0.5) is 0 Å². The quantitative estimate of drug-likeness (QED) is 0.863. The zero-order chi connectivity index (χ0) is 11.3. The fraction of sp³-hybridized carbons (Fsp3) is 0.400. The molecule has 0 bridgehead atoms. The SMILES string of the molecule is CNS(=O)(=O)CCCc1ccccc1Cl. The topological polar surface area (TPSA) is 46.2 Å². The molecule has 0 radical (unpaired) electrons. The van der Waals surface area contributed by atoms with Crippen molar-refractivity contribution in [2.75, 3.05) is 12.8 Å². The summed E-state index contributed by atoms with van der Waals surface area (Å²) in [5.41, 5.74) is 0.991. The Balaban J connectivity index is 2.49. The summed E-state index contributed by atoms with van der Waals surface area (Å²) in [4.78, 5) is 0. The molecule has 1 aromatic carbocycles. The van der Waals surface area contributed by atoms with Crippen LogP contribution in [-0.4, -0.2) is 21.2 Å². The minimum Gasteiger partial charge on any atom is -0.218 e. The molecule has 0 fully saturated rings. The van der Waals surface area contributed by atoms with Crippen LogP contribution in [0.5, 0.6) is 0 Å². The molecule has 0 aliphatic carbocycles. The van der Waals surface area contributed by atoms with E-state index in [4.69, 9.17) is 11.6 Å². The van der Waals surface area contributed by atoms with Crippen LogP contribution < -0.4 is 4.72 Å². The van der Waals surface area contributed by atoms with Gasteiger partial charge in [0.2, 0.25) is 10.0 Å². The lowest BCUT2D eigenvalue weighted by Crippen LogP contribution is -2.22. The van der Waals surface area contributed by atoms with Crippen molar-refractivity contribution < 1.29 is 8.42 Å². The van der Waals surface area contributed by atoms with E-state index in [1.807, 2.05) is 24.3 Å². The van der Waals surface area contributed by atoms with Gasteiger partial charge in [0.05, 0.1) is 5.75 Å². The molecule has 0 spiro atoms. The number of hydrogen-bond acceptors (Lipinski definition) is 2. The van der Waals surface area contributed by atoms with E-state index < -0.39 is 10.0 Å². The summed E-state index contributed by atoms with van der Waals surface area (Å²) in [7, 11) is -1.67. The van der Waals surface area contributed by atoms with Gasteiger partial charge in [-0.15, -0.1) is 0 Å². The van der Waals surface area contributed by atoms with Gasteiger partial charge in [0.15, 0.2) is 0 Å². The van der Waals surface area contributed by atoms with Gasteiger partial charge in [-0.3, -0.25) is 0 Å². The molecule has 15 heavy (non-hydrogen) atoms. The van der Waals surface area contributed by atoms with Crippen LogP contribution in [0.2, 0.25) is 5.02 Å². The molecule has 3 nitrogen and oxygen atoms in total. The molecule has 0 aromatic heterocycles. The molecular formula is C10H14ClNO2S. The Hall–Kier alpha value is -0.580. The number of benzene rings is 1. The molecule has 0 unspecified atom stereocenters. The van der Waals surface area contributed by atoms with Crippen LogP contribution in [0.25, 0.3) is 0 Å². The molecule has 0 aliphatic rings. The highest BCUT2D eigenvalue weighted by Gasteiger charge is 2.07. The van der Waals surface area contributed by atoms with Crippen LogP contribution >= 0.6 is 11.6 Å². The highest BCUT2D eigenvalue weighted by molar-refractivity contribution is 7.89. The Morgan fingerprint density at radius 2 is 2.00 bits per heavy atom. The van der Waals surface area contributed by atoms with Gasteiger partial charge in [0.25, 0.3) is 0 Å². The molecule has 0 aliphatic heterocycles. The number of halogens is 1.